The summed E-state index contributed by atoms with van der Waals surface area (Å²) in [5, 5.41) is 2.91. The topological polar surface area (TPSA) is 35.6 Å². The standard InChI is InChI=1S/C15H21ClFN3O/c1-3-11(2)19-6-8-20(9-7-19)15(21)18-14-5-4-12(16)10-13(14)17/h4-5,10-11H,3,6-9H2,1-2H3,(H,18,21). The van der Waals surface area contributed by atoms with Crippen LogP contribution < -0.4 is 5.32 Å². The van der Waals surface area contributed by atoms with Gasteiger partial charge in [-0.1, -0.05) is 18.5 Å². The van der Waals surface area contributed by atoms with E-state index in [9.17, 15) is 9.18 Å². The second kappa shape index (κ2) is 7.09. The first-order chi connectivity index (χ1) is 10.0. The molecule has 1 aromatic carbocycles. The normalized spacial score (nSPS) is 17.6. The average molecular weight is 314 g/mol. The molecule has 0 bridgehead atoms. The van der Waals surface area contributed by atoms with E-state index in [1.54, 1.807) is 11.0 Å². The number of amides is 2. The van der Waals surface area contributed by atoms with Crippen molar-refractivity contribution < 1.29 is 9.18 Å². The number of carbonyl (C=O) groups excluding carboxylic acids is 1. The van der Waals surface area contributed by atoms with E-state index in [-0.39, 0.29) is 11.7 Å². The van der Waals surface area contributed by atoms with Crippen molar-refractivity contribution in [1.29, 1.82) is 0 Å². The quantitative estimate of drug-likeness (QED) is 0.928. The third-order valence-corrected chi connectivity index (χ3v) is 4.22. The van der Waals surface area contributed by atoms with Gasteiger partial charge in [-0.2, -0.15) is 0 Å². The summed E-state index contributed by atoms with van der Waals surface area (Å²) in [7, 11) is 0. The molecule has 1 N–H and O–H groups in total. The molecule has 2 rings (SSSR count). The molecule has 116 valence electrons. The molecule has 1 heterocycles. The molecule has 2 amide bonds. The van der Waals surface area contributed by atoms with Crippen LogP contribution in [0.4, 0.5) is 14.9 Å². The predicted molar refractivity (Wildman–Crippen MR) is 83.3 cm³/mol. The van der Waals surface area contributed by atoms with Crippen LogP contribution in [0.2, 0.25) is 5.02 Å². The minimum absolute atomic E-state index is 0.161. The lowest BCUT2D eigenvalue weighted by Crippen LogP contribution is -2.52. The van der Waals surface area contributed by atoms with Gasteiger partial charge in [0.05, 0.1) is 5.69 Å². The van der Waals surface area contributed by atoms with Crippen LogP contribution in [0.5, 0.6) is 0 Å². The molecule has 4 nitrogen and oxygen atoms in total. The number of rotatable bonds is 3. The maximum absolute atomic E-state index is 13.7. The number of carbonyl (C=O) groups is 1. The monoisotopic (exact) mass is 313 g/mol. The summed E-state index contributed by atoms with van der Waals surface area (Å²) in [5.74, 6) is -0.519. The number of nitrogens with zero attached hydrogens (tertiary/aromatic N) is 2. The van der Waals surface area contributed by atoms with Crippen molar-refractivity contribution in [3.63, 3.8) is 0 Å². The third-order valence-electron chi connectivity index (χ3n) is 3.99. The van der Waals surface area contributed by atoms with E-state index >= 15 is 0 Å². The molecule has 1 aliphatic rings. The van der Waals surface area contributed by atoms with Crippen LogP contribution in [-0.2, 0) is 0 Å². The van der Waals surface area contributed by atoms with Gasteiger partial charge in [0.25, 0.3) is 0 Å². The zero-order chi connectivity index (χ0) is 15.4. The molecular formula is C15H21ClFN3O. The van der Waals surface area contributed by atoms with E-state index in [0.717, 1.165) is 19.5 Å². The van der Waals surface area contributed by atoms with E-state index in [4.69, 9.17) is 11.6 Å². The average Bonchev–Trinajstić information content (AvgIpc) is 2.49. The van der Waals surface area contributed by atoms with Crippen molar-refractivity contribution in [1.82, 2.24) is 9.80 Å². The van der Waals surface area contributed by atoms with Gasteiger partial charge in [0.1, 0.15) is 5.82 Å². The van der Waals surface area contributed by atoms with Crippen molar-refractivity contribution in [2.45, 2.75) is 26.3 Å². The van der Waals surface area contributed by atoms with Gasteiger partial charge >= 0.3 is 6.03 Å². The highest BCUT2D eigenvalue weighted by molar-refractivity contribution is 6.30. The fourth-order valence-electron chi connectivity index (χ4n) is 2.41. The summed E-state index contributed by atoms with van der Waals surface area (Å²) in [6.45, 7) is 7.37. The molecular weight excluding hydrogens is 293 g/mol. The van der Waals surface area contributed by atoms with Crippen molar-refractivity contribution in [3.05, 3.63) is 29.0 Å². The lowest BCUT2D eigenvalue weighted by atomic mass is 10.2. The first-order valence-electron chi connectivity index (χ1n) is 7.26. The Morgan fingerprint density at radius 1 is 1.38 bits per heavy atom. The summed E-state index contributed by atoms with van der Waals surface area (Å²) < 4.78 is 13.7. The summed E-state index contributed by atoms with van der Waals surface area (Å²) >= 11 is 5.69. The minimum atomic E-state index is -0.519. The first kappa shape index (κ1) is 16.0. The number of halogens is 2. The number of urea groups is 1. The van der Waals surface area contributed by atoms with Gasteiger partial charge < -0.3 is 10.2 Å². The van der Waals surface area contributed by atoms with Gasteiger partial charge in [-0.3, -0.25) is 4.90 Å². The van der Waals surface area contributed by atoms with Crippen molar-refractivity contribution in [3.8, 4) is 0 Å². The molecule has 0 aromatic heterocycles. The number of benzene rings is 1. The zero-order valence-electron chi connectivity index (χ0n) is 12.4. The summed E-state index contributed by atoms with van der Waals surface area (Å²) in [6.07, 6.45) is 1.10. The van der Waals surface area contributed by atoms with Crippen LogP contribution in [-0.4, -0.2) is 48.1 Å². The van der Waals surface area contributed by atoms with Gasteiger partial charge in [0, 0.05) is 37.2 Å². The Hall–Kier alpha value is -1.33. The van der Waals surface area contributed by atoms with E-state index in [1.807, 2.05) is 0 Å². The maximum Gasteiger partial charge on any atom is 0.322 e. The third kappa shape index (κ3) is 4.08. The number of nitrogens with one attached hydrogen (secondary N) is 1. The summed E-state index contributed by atoms with van der Waals surface area (Å²) in [4.78, 5) is 16.2. The number of hydrogen-bond donors (Lipinski definition) is 1. The van der Waals surface area contributed by atoms with E-state index in [0.29, 0.717) is 24.2 Å². The Kier molecular flexibility index (Phi) is 5.42. The van der Waals surface area contributed by atoms with Crippen LogP contribution in [0.15, 0.2) is 18.2 Å². The summed E-state index contributed by atoms with van der Waals surface area (Å²) in [6, 6.07) is 4.49. The molecule has 0 aliphatic carbocycles. The fourth-order valence-corrected chi connectivity index (χ4v) is 2.57. The molecule has 21 heavy (non-hydrogen) atoms. The van der Waals surface area contributed by atoms with E-state index in [2.05, 4.69) is 24.1 Å². The van der Waals surface area contributed by atoms with Crippen LogP contribution in [0.1, 0.15) is 20.3 Å². The minimum Gasteiger partial charge on any atom is -0.322 e. The van der Waals surface area contributed by atoms with Crippen molar-refractivity contribution >= 4 is 23.3 Å². The van der Waals surface area contributed by atoms with Gasteiger partial charge in [-0.15, -0.1) is 0 Å². The van der Waals surface area contributed by atoms with Crippen LogP contribution in [0, 0.1) is 5.82 Å². The Balaban J connectivity index is 1.90. The maximum atomic E-state index is 13.7. The summed E-state index contributed by atoms with van der Waals surface area (Å²) in [5.41, 5.74) is 0.161. The van der Waals surface area contributed by atoms with Crippen molar-refractivity contribution in [2.75, 3.05) is 31.5 Å². The molecule has 0 radical (unpaired) electrons. The van der Waals surface area contributed by atoms with Gasteiger partial charge in [-0.25, -0.2) is 9.18 Å². The number of anilines is 1. The Bertz CT molecular complexity index is 504. The molecule has 1 aliphatic heterocycles. The van der Waals surface area contributed by atoms with Crippen LogP contribution >= 0.6 is 11.6 Å². The molecule has 1 fully saturated rings. The number of hydrogen-bond acceptors (Lipinski definition) is 2. The predicted octanol–water partition coefficient (Wildman–Crippen LogP) is 3.43. The van der Waals surface area contributed by atoms with Gasteiger partial charge in [-0.05, 0) is 31.5 Å². The Labute approximate surface area is 129 Å². The molecule has 1 saturated heterocycles. The number of piperazine rings is 1. The molecule has 1 unspecified atom stereocenters. The molecule has 0 saturated carbocycles. The van der Waals surface area contributed by atoms with E-state index in [1.165, 1.54) is 12.1 Å². The molecule has 1 aromatic rings. The fraction of sp³-hybridized carbons (Fsp3) is 0.533. The van der Waals surface area contributed by atoms with Gasteiger partial charge in [0.2, 0.25) is 0 Å². The SMILES string of the molecule is CCC(C)N1CCN(C(=O)Nc2ccc(Cl)cc2F)CC1. The van der Waals surface area contributed by atoms with Crippen molar-refractivity contribution in [2.24, 2.45) is 0 Å². The smallest absolute Gasteiger partial charge is 0.322 e. The highest BCUT2D eigenvalue weighted by Crippen LogP contribution is 2.19. The molecule has 0 spiro atoms. The van der Waals surface area contributed by atoms with Crippen LogP contribution in [0.3, 0.4) is 0 Å². The first-order valence-corrected chi connectivity index (χ1v) is 7.64. The second-order valence-electron chi connectivity index (χ2n) is 5.33. The Morgan fingerprint density at radius 2 is 2.05 bits per heavy atom. The lowest BCUT2D eigenvalue weighted by molar-refractivity contribution is 0.117. The highest BCUT2D eigenvalue weighted by atomic mass is 35.5. The zero-order valence-corrected chi connectivity index (χ0v) is 13.2. The van der Waals surface area contributed by atoms with Gasteiger partial charge in [0.15, 0.2) is 0 Å². The Morgan fingerprint density at radius 3 is 2.62 bits per heavy atom. The largest absolute Gasteiger partial charge is 0.322 e. The lowest BCUT2D eigenvalue weighted by Gasteiger charge is -2.37. The molecule has 1 atom stereocenters. The molecule has 6 heteroatoms. The van der Waals surface area contributed by atoms with E-state index < -0.39 is 5.82 Å². The van der Waals surface area contributed by atoms with Crippen LogP contribution in [0.25, 0.3) is 0 Å². The second-order valence-corrected chi connectivity index (χ2v) is 5.77. The highest BCUT2D eigenvalue weighted by Gasteiger charge is 2.23.